The van der Waals surface area contributed by atoms with Gasteiger partial charge in [0.2, 0.25) is 5.91 Å². The highest BCUT2D eigenvalue weighted by molar-refractivity contribution is 9.10. The van der Waals surface area contributed by atoms with Gasteiger partial charge in [0, 0.05) is 33.4 Å². The van der Waals surface area contributed by atoms with E-state index in [1.54, 1.807) is 18.2 Å². The Bertz CT molecular complexity index is 663. The van der Waals surface area contributed by atoms with Gasteiger partial charge in [-0.2, -0.15) is 0 Å². The minimum Gasteiger partial charge on any atom is -0.321 e. The predicted octanol–water partition coefficient (Wildman–Crippen LogP) is 1.73. The summed E-state index contributed by atoms with van der Waals surface area (Å²) in [6, 6.07) is 5.23. The molecule has 0 fully saturated rings. The predicted molar refractivity (Wildman–Crippen MR) is 70.6 cm³/mol. The van der Waals surface area contributed by atoms with Crippen molar-refractivity contribution >= 4 is 43.5 Å². The summed E-state index contributed by atoms with van der Waals surface area (Å²) in [6.45, 7) is 1.41. The summed E-state index contributed by atoms with van der Waals surface area (Å²) in [7, 11) is 0. The van der Waals surface area contributed by atoms with Gasteiger partial charge in [0.15, 0.2) is 0 Å². The van der Waals surface area contributed by atoms with Gasteiger partial charge < -0.3 is 5.32 Å². The average Bonchev–Trinajstić information content (AvgIpc) is 2.62. The molecule has 2 rings (SSSR count). The zero-order chi connectivity index (χ0) is 13.3. The summed E-state index contributed by atoms with van der Waals surface area (Å²) in [4.78, 5) is 22.4. The van der Waals surface area contributed by atoms with E-state index in [0.717, 1.165) is 4.47 Å². The van der Waals surface area contributed by atoms with Crippen molar-refractivity contribution in [2.24, 2.45) is 0 Å². The quantitative estimate of drug-likeness (QED) is 0.782. The molecule has 0 atom stereocenters. The van der Waals surface area contributed by atoms with Gasteiger partial charge in [-0.1, -0.05) is 15.9 Å². The molecule has 0 saturated heterocycles. The van der Waals surface area contributed by atoms with Crippen molar-refractivity contribution in [1.82, 2.24) is 5.27 Å². The first kappa shape index (κ1) is 13.0. The second kappa shape index (κ2) is 5.07. The first-order chi connectivity index (χ1) is 8.49. The molecule has 0 unspecified atom stereocenters. The number of hydrogen-bond donors (Lipinski definition) is 2. The average molecular weight is 378 g/mol. The van der Waals surface area contributed by atoms with Crippen LogP contribution in [0, 0.1) is 0 Å². The monoisotopic (exact) mass is 376 g/mol. The normalized spacial score (nSPS) is 10.4. The smallest absolute Gasteiger partial charge is 0.321 e. The lowest BCUT2D eigenvalue weighted by Gasteiger charge is -2.03. The largest absolute Gasteiger partial charge is 0.442 e. The SMILES string of the molecule is CC(=O)Nc1ccc(Br)cc1-[n+]1[nH]oc(=O)c1Br. The van der Waals surface area contributed by atoms with Crippen LogP contribution in [0.25, 0.3) is 5.69 Å². The van der Waals surface area contributed by atoms with Crippen LogP contribution in [0.1, 0.15) is 6.92 Å². The summed E-state index contributed by atoms with van der Waals surface area (Å²) < 4.78 is 7.04. The van der Waals surface area contributed by atoms with Crippen LogP contribution in [0.3, 0.4) is 0 Å². The highest BCUT2D eigenvalue weighted by Gasteiger charge is 2.24. The second-order valence-electron chi connectivity index (χ2n) is 3.45. The topological polar surface area (TPSA) is 79.0 Å². The van der Waals surface area contributed by atoms with E-state index in [0.29, 0.717) is 11.4 Å². The fourth-order valence-electron chi connectivity index (χ4n) is 1.40. The molecule has 1 aromatic heterocycles. The third-order valence-electron chi connectivity index (χ3n) is 2.11. The minimum atomic E-state index is -0.538. The van der Waals surface area contributed by atoms with Crippen molar-refractivity contribution in [3.63, 3.8) is 0 Å². The highest BCUT2D eigenvalue weighted by Crippen LogP contribution is 2.21. The summed E-state index contributed by atoms with van der Waals surface area (Å²) in [5.74, 6) is -0.207. The van der Waals surface area contributed by atoms with Gasteiger partial charge in [0.05, 0.1) is 0 Å². The number of aromatic amines is 1. The van der Waals surface area contributed by atoms with Crippen LogP contribution in [0.2, 0.25) is 0 Å². The van der Waals surface area contributed by atoms with Gasteiger partial charge in [-0.15, -0.1) is 0 Å². The Labute approximate surface area is 118 Å². The molecule has 2 aromatic rings. The molecular formula is C10H8Br2N3O3+. The number of nitrogens with zero attached hydrogens (tertiary/aromatic N) is 1. The summed E-state index contributed by atoms with van der Waals surface area (Å²) >= 11 is 6.44. The van der Waals surface area contributed by atoms with Crippen molar-refractivity contribution < 1.29 is 14.0 Å². The third-order valence-corrected chi connectivity index (χ3v) is 3.28. The number of amides is 1. The number of nitrogens with one attached hydrogen (secondary N) is 2. The van der Waals surface area contributed by atoms with Crippen LogP contribution in [-0.2, 0) is 4.79 Å². The van der Waals surface area contributed by atoms with Crippen molar-refractivity contribution in [2.75, 3.05) is 5.32 Å². The van der Waals surface area contributed by atoms with Gasteiger partial charge in [-0.25, -0.2) is 4.79 Å². The number of halogens is 2. The first-order valence-electron chi connectivity index (χ1n) is 4.85. The maximum absolute atomic E-state index is 11.3. The maximum Gasteiger partial charge on any atom is 0.442 e. The number of anilines is 1. The molecule has 94 valence electrons. The molecule has 1 heterocycles. The Morgan fingerprint density at radius 3 is 2.72 bits per heavy atom. The van der Waals surface area contributed by atoms with Crippen LogP contribution >= 0.6 is 31.9 Å². The van der Waals surface area contributed by atoms with E-state index in [9.17, 15) is 9.59 Å². The van der Waals surface area contributed by atoms with E-state index in [4.69, 9.17) is 0 Å². The van der Waals surface area contributed by atoms with Crippen molar-refractivity contribution in [3.05, 3.63) is 37.7 Å². The van der Waals surface area contributed by atoms with Crippen LogP contribution in [0.15, 0.2) is 36.6 Å². The zero-order valence-corrected chi connectivity index (χ0v) is 12.3. The molecule has 1 amide bonds. The number of H-pyrrole nitrogens is 1. The number of carbonyl (C=O) groups is 1. The number of aromatic nitrogens is 2. The third kappa shape index (κ3) is 2.54. The molecule has 18 heavy (non-hydrogen) atoms. The van der Waals surface area contributed by atoms with Gasteiger partial charge >= 0.3 is 10.2 Å². The molecule has 0 radical (unpaired) electrons. The molecular weight excluding hydrogens is 370 g/mol. The molecule has 0 bridgehead atoms. The standard InChI is InChI=1S/C10H7Br2N3O3/c1-5(16)13-7-3-2-6(11)4-8(7)15-9(12)10(17)18-14-15/h2-4H,1H3,(H-,13,14,16,17)/p+1. The number of carbonyl (C=O) groups excluding carboxylic acids is 1. The lowest BCUT2D eigenvalue weighted by Crippen LogP contribution is -2.36. The molecule has 1 aromatic carbocycles. The molecule has 0 aliphatic rings. The first-order valence-corrected chi connectivity index (χ1v) is 6.44. The maximum atomic E-state index is 11.3. The molecule has 8 heteroatoms. The van der Waals surface area contributed by atoms with Crippen molar-refractivity contribution in [1.29, 1.82) is 0 Å². The van der Waals surface area contributed by atoms with Crippen molar-refractivity contribution in [3.8, 4) is 5.69 Å². The fourth-order valence-corrected chi connectivity index (χ4v) is 2.09. The number of rotatable bonds is 2. The molecule has 6 nitrogen and oxygen atoms in total. The van der Waals surface area contributed by atoms with E-state index in [1.165, 1.54) is 11.6 Å². The lowest BCUT2D eigenvalue weighted by atomic mass is 10.2. The van der Waals surface area contributed by atoms with Gasteiger partial charge in [-0.05, 0) is 22.1 Å². The van der Waals surface area contributed by atoms with Crippen LogP contribution in [0.5, 0.6) is 0 Å². The van der Waals surface area contributed by atoms with Gasteiger partial charge in [0.25, 0.3) is 5.69 Å². The van der Waals surface area contributed by atoms with Gasteiger partial charge in [0.1, 0.15) is 5.69 Å². The summed E-state index contributed by atoms with van der Waals surface area (Å²) in [5, 5.41) is 5.11. The van der Waals surface area contributed by atoms with E-state index >= 15 is 0 Å². The van der Waals surface area contributed by atoms with Crippen molar-refractivity contribution in [2.45, 2.75) is 6.92 Å². The second-order valence-corrected chi connectivity index (χ2v) is 5.12. The Balaban J connectivity index is 2.61. The number of benzene rings is 1. The minimum absolute atomic E-state index is 0.201. The Hall–Kier alpha value is -1.41. The van der Waals surface area contributed by atoms with Crippen LogP contribution < -0.4 is 15.6 Å². The summed E-state index contributed by atoms with van der Waals surface area (Å²) in [5.41, 5.74) is 0.578. The molecule has 0 spiro atoms. The highest BCUT2D eigenvalue weighted by atomic mass is 79.9. The summed E-state index contributed by atoms with van der Waals surface area (Å²) in [6.07, 6.45) is 0. The Morgan fingerprint density at radius 1 is 1.44 bits per heavy atom. The lowest BCUT2D eigenvalue weighted by molar-refractivity contribution is -0.679. The number of hydrogen-bond acceptors (Lipinski definition) is 3. The van der Waals surface area contributed by atoms with E-state index in [-0.39, 0.29) is 10.5 Å². The van der Waals surface area contributed by atoms with Gasteiger partial charge in [-0.3, -0.25) is 9.32 Å². The Morgan fingerprint density at radius 2 is 2.17 bits per heavy atom. The molecule has 2 N–H and O–H groups in total. The van der Waals surface area contributed by atoms with E-state index in [2.05, 4.69) is 47.0 Å². The molecule has 0 saturated carbocycles. The fraction of sp³-hybridized carbons (Fsp3) is 0.100. The van der Waals surface area contributed by atoms with Crippen LogP contribution in [0.4, 0.5) is 5.69 Å². The molecule has 0 aliphatic carbocycles. The molecule has 0 aliphatic heterocycles. The van der Waals surface area contributed by atoms with E-state index < -0.39 is 5.63 Å². The zero-order valence-electron chi connectivity index (χ0n) is 9.16. The van der Waals surface area contributed by atoms with Crippen LogP contribution in [-0.4, -0.2) is 11.2 Å². The van der Waals surface area contributed by atoms with E-state index in [1.807, 2.05) is 0 Å². The Kier molecular flexibility index (Phi) is 3.67.